The number of hydrogen-bond acceptors (Lipinski definition) is 2. The van der Waals surface area contributed by atoms with E-state index in [-0.39, 0.29) is 0 Å². The predicted octanol–water partition coefficient (Wildman–Crippen LogP) is 14.7. The van der Waals surface area contributed by atoms with Crippen molar-refractivity contribution in [3.63, 3.8) is 0 Å². The highest BCUT2D eigenvalue weighted by Crippen LogP contribution is 2.43. The molecule has 0 unspecified atom stereocenters. The molecule has 55 heavy (non-hydrogen) atoms. The molecule has 1 aromatic heterocycles. The first kappa shape index (κ1) is 33.8. The number of aliphatic imine (C=N–C) groups is 1. The Labute approximate surface area is 321 Å². The molecule has 9 rings (SSSR count). The lowest BCUT2D eigenvalue weighted by atomic mass is 9.94. The summed E-state index contributed by atoms with van der Waals surface area (Å²) in [7, 11) is 0. The number of hydrogen-bond donors (Lipinski definition) is 0. The van der Waals surface area contributed by atoms with Crippen LogP contribution in [0.3, 0.4) is 0 Å². The van der Waals surface area contributed by atoms with Crippen molar-refractivity contribution in [2.75, 3.05) is 0 Å². The molecule has 0 saturated carbocycles. The standard InChI is InChI=1S/C53H39NO/c1-3-37(47-25-15-26-48-49-35-45-22-12-13-24-46(45)51(53(49)55-52(47)48)42-19-8-5-9-20-42)23-14-27-50(41-17-6-4-7-18-41)54-36(2)38-28-30-40(31-29-38)44-33-32-39-16-10-11-21-43(39)34-44/h4-13,15-22,24-35H,1,14,23H2,2H3/b50-27-,54-36?. The number of allylic oxidation sites excluding steroid dienone is 2. The van der Waals surface area contributed by atoms with E-state index in [0.29, 0.717) is 0 Å². The average Bonchev–Trinajstić information content (AvgIpc) is 3.62. The molecule has 262 valence electrons. The second-order valence-electron chi connectivity index (χ2n) is 14.0. The normalized spacial score (nSPS) is 12.1. The van der Waals surface area contributed by atoms with Crippen molar-refractivity contribution >= 4 is 60.5 Å². The van der Waals surface area contributed by atoms with Crippen LogP contribution in [0.1, 0.15) is 36.5 Å². The van der Waals surface area contributed by atoms with Crippen LogP contribution in [0.25, 0.3) is 77.0 Å². The van der Waals surface area contributed by atoms with Gasteiger partial charge in [0.2, 0.25) is 0 Å². The Hall–Kier alpha value is -6.99. The van der Waals surface area contributed by atoms with Crippen molar-refractivity contribution < 1.29 is 4.42 Å². The first-order chi connectivity index (χ1) is 27.1. The number of nitrogens with zero attached hydrogens (tertiary/aromatic N) is 1. The zero-order valence-corrected chi connectivity index (χ0v) is 30.8. The third-order valence-corrected chi connectivity index (χ3v) is 10.6. The first-order valence-electron chi connectivity index (χ1n) is 18.9. The summed E-state index contributed by atoms with van der Waals surface area (Å²) in [6, 6.07) is 62.0. The van der Waals surface area contributed by atoms with E-state index in [1.165, 1.54) is 32.7 Å². The van der Waals surface area contributed by atoms with Crippen LogP contribution >= 0.6 is 0 Å². The largest absolute Gasteiger partial charge is 0.455 e. The van der Waals surface area contributed by atoms with Gasteiger partial charge in [0.1, 0.15) is 11.2 Å². The Morgan fingerprint density at radius 1 is 0.564 bits per heavy atom. The molecule has 2 nitrogen and oxygen atoms in total. The maximum atomic E-state index is 6.89. The zero-order chi connectivity index (χ0) is 37.1. The highest BCUT2D eigenvalue weighted by Gasteiger charge is 2.19. The summed E-state index contributed by atoms with van der Waals surface area (Å²) in [5.41, 5.74) is 15.8. The van der Waals surface area contributed by atoms with E-state index < -0.39 is 0 Å². The number of benzene rings is 8. The number of furan rings is 1. The SMILES string of the molecule is C=C=C(CC/C=C(\N=C(C)c1ccc(-c2ccc3ccccc3c2)cc1)c1ccccc1)c1cccc2c1oc1c(-c3ccccc3)c3ccccc3cc12. The van der Waals surface area contributed by atoms with Crippen LogP contribution in [-0.4, -0.2) is 5.71 Å². The Morgan fingerprint density at radius 2 is 1.24 bits per heavy atom. The van der Waals surface area contributed by atoms with E-state index in [1.807, 2.05) is 6.07 Å². The molecule has 0 N–H and O–H groups in total. The quantitative estimate of drug-likeness (QED) is 0.108. The van der Waals surface area contributed by atoms with E-state index in [0.717, 1.165) is 79.6 Å². The Morgan fingerprint density at radius 3 is 2.02 bits per heavy atom. The van der Waals surface area contributed by atoms with Gasteiger partial charge in [-0.25, -0.2) is 0 Å². The summed E-state index contributed by atoms with van der Waals surface area (Å²) in [5, 5.41) is 7.07. The minimum atomic E-state index is 0.735. The van der Waals surface area contributed by atoms with Crippen LogP contribution in [0.2, 0.25) is 0 Å². The number of fused-ring (bicyclic) bond motifs is 5. The van der Waals surface area contributed by atoms with Crippen LogP contribution in [0.4, 0.5) is 0 Å². The third kappa shape index (κ3) is 6.61. The molecule has 2 heteroatoms. The van der Waals surface area contributed by atoms with Crippen molar-refractivity contribution in [1.82, 2.24) is 0 Å². The summed E-state index contributed by atoms with van der Waals surface area (Å²) in [4.78, 5) is 5.21. The van der Waals surface area contributed by atoms with E-state index in [4.69, 9.17) is 9.41 Å². The van der Waals surface area contributed by atoms with Crippen molar-refractivity contribution in [2.45, 2.75) is 19.8 Å². The molecule has 8 aromatic carbocycles. The monoisotopic (exact) mass is 705 g/mol. The van der Waals surface area contributed by atoms with Crippen molar-refractivity contribution in [1.29, 1.82) is 0 Å². The Kier molecular flexibility index (Phi) is 9.10. The predicted molar refractivity (Wildman–Crippen MR) is 234 cm³/mol. The zero-order valence-electron chi connectivity index (χ0n) is 30.8. The maximum absolute atomic E-state index is 6.89. The molecule has 0 saturated heterocycles. The van der Waals surface area contributed by atoms with Crippen LogP contribution in [-0.2, 0) is 0 Å². The average molecular weight is 706 g/mol. The minimum absolute atomic E-state index is 0.735. The van der Waals surface area contributed by atoms with Crippen LogP contribution in [0.5, 0.6) is 0 Å². The van der Waals surface area contributed by atoms with Crippen LogP contribution in [0, 0.1) is 0 Å². The fraction of sp³-hybridized carbons (Fsp3) is 0.0566. The van der Waals surface area contributed by atoms with Crippen LogP contribution in [0.15, 0.2) is 204 Å². The Balaban J connectivity index is 1.03. The van der Waals surface area contributed by atoms with E-state index >= 15 is 0 Å². The van der Waals surface area contributed by atoms with E-state index in [9.17, 15) is 0 Å². The molecule has 9 aromatic rings. The lowest BCUT2D eigenvalue weighted by Crippen LogP contribution is -1.96. The van der Waals surface area contributed by atoms with Gasteiger partial charge < -0.3 is 4.42 Å². The minimum Gasteiger partial charge on any atom is -0.455 e. The fourth-order valence-electron chi connectivity index (χ4n) is 7.75. The fourth-order valence-corrected chi connectivity index (χ4v) is 7.75. The van der Waals surface area contributed by atoms with Crippen molar-refractivity contribution in [3.05, 3.63) is 211 Å². The summed E-state index contributed by atoms with van der Waals surface area (Å²) >= 11 is 0. The lowest BCUT2D eigenvalue weighted by molar-refractivity contribution is 0.669. The smallest absolute Gasteiger partial charge is 0.143 e. The molecular weight excluding hydrogens is 667 g/mol. The molecular formula is C53H39NO. The van der Waals surface area contributed by atoms with Gasteiger partial charge in [0, 0.05) is 33.2 Å². The molecule has 0 radical (unpaired) electrons. The van der Waals surface area contributed by atoms with Gasteiger partial charge >= 0.3 is 0 Å². The highest BCUT2D eigenvalue weighted by molar-refractivity contribution is 6.19. The molecule has 0 atom stereocenters. The highest BCUT2D eigenvalue weighted by atomic mass is 16.3. The molecule has 0 fully saturated rings. The summed E-state index contributed by atoms with van der Waals surface area (Å²) in [5.74, 6) is 0. The topological polar surface area (TPSA) is 25.5 Å². The molecule has 0 aliphatic rings. The number of para-hydroxylation sites is 1. The van der Waals surface area contributed by atoms with Gasteiger partial charge in [0.25, 0.3) is 0 Å². The summed E-state index contributed by atoms with van der Waals surface area (Å²) in [6.45, 7) is 6.23. The van der Waals surface area contributed by atoms with Gasteiger partial charge in [-0.1, -0.05) is 176 Å². The van der Waals surface area contributed by atoms with E-state index in [2.05, 4.69) is 195 Å². The van der Waals surface area contributed by atoms with Gasteiger partial charge in [-0.2, -0.15) is 0 Å². The Bertz CT molecular complexity index is 2960. The maximum Gasteiger partial charge on any atom is 0.143 e. The van der Waals surface area contributed by atoms with Gasteiger partial charge in [0.05, 0.1) is 5.70 Å². The first-order valence-corrected chi connectivity index (χ1v) is 18.9. The lowest BCUT2D eigenvalue weighted by Gasteiger charge is -2.09. The molecule has 0 aliphatic heterocycles. The van der Waals surface area contributed by atoms with Gasteiger partial charge in [-0.15, -0.1) is 5.73 Å². The number of rotatable bonds is 9. The van der Waals surface area contributed by atoms with Gasteiger partial charge in [-0.3, -0.25) is 4.99 Å². The second kappa shape index (κ2) is 14.8. The van der Waals surface area contributed by atoms with Crippen molar-refractivity contribution in [3.8, 4) is 22.3 Å². The second-order valence-corrected chi connectivity index (χ2v) is 14.0. The molecule has 0 amide bonds. The molecule has 0 spiro atoms. The van der Waals surface area contributed by atoms with Gasteiger partial charge in [0.15, 0.2) is 0 Å². The third-order valence-electron chi connectivity index (χ3n) is 10.6. The molecule has 1 heterocycles. The summed E-state index contributed by atoms with van der Waals surface area (Å²) < 4.78 is 6.89. The van der Waals surface area contributed by atoms with Crippen LogP contribution < -0.4 is 0 Å². The molecule has 0 bridgehead atoms. The molecule has 0 aliphatic carbocycles. The van der Waals surface area contributed by atoms with E-state index in [1.54, 1.807) is 0 Å². The summed E-state index contributed by atoms with van der Waals surface area (Å²) in [6.07, 6.45) is 3.73. The van der Waals surface area contributed by atoms with Gasteiger partial charge in [-0.05, 0) is 81.3 Å². The van der Waals surface area contributed by atoms with Crippen molar-refractivity contribution in [2.24, 2.45) is 4.99 Å².